The van der Waals surface area contributed by atoms with Gasteiger partial charge in [0, 0.05) is 11.8 Å². The molecule has 80 valence electrons. The number of rotatable bonds is 5. The third kappa shape index (κ3) is 1.68. The van der Waals surface area contributed by atoms with Gasteiger partial charge in [-0.25, -0.2) is 0 Å². The Morgan fingerprint density at radius 3 is 1.80 bits per heavy atom. The second kappa shape index (κ2) is 3.95. The molecule has 0 heterocycles. The topological polar surface area (TPSA) is 9.23 Å². The summed E-state index contributed by atoms with van der Waals surface area (Å²) in [6.07, 6.45) is 7.48. The molecule has 2 atom stereocenters. The van der Waals surface area contributed by atoms with Crippen molar-refractivity contribution in [2.75, 3.05) is 0 Å². The van der Waals surface area contributed by atoms with E-state index in [0.29, 0.717) is 17.9 Å². The Morgan fingerprint density at radius 1 is 1.00 bits per heavy atom. The van der Waals surface area contributed by atoms with E-state index in [0.717, 1.165) is 0 Å². The van der Waals surface area contributed by atoms with Crippen LogP contribution in [0.3, 0.4) is 0 Å². The zero-order valence-corrected chi connectivity index (χ0v) is 10.1. The molecule has 15 heavy (non-hydrogen) atoms. The lowest BCUT2D eigenvalue weighted by Crippen LogP contribution is -2.38. The van der Waals surface area contributed by atoms with Crippen LogP contribution in [-0.4, -0.2) is 14.4 Å². The molecule has 2 unspecified atom stereocenters. The summed E-state index contributed by atoms with van der Waals surface area (Å²) in [4.78, 5) is 0. The number of hydrogen-bond acceptors (Lipinski definition) is 1. The Labute approximate surface area is 93.0 Å². The molecule has 0 amide bonds. The van der Waals surface area contributed by atoms with Crippen molar-refractivity contribution in [3.8, 4) is 0 Å². The molecule has 0 spiro atoms. The van der Waals surface area contributed by atoms with E-state index < -0.39 is 8.32 Å². The molecule has 0 N–H and O–H groups in total. The van der Waals surface area contributed by atoms with Crippen molar-refractivity contribution in [1.82, 2.24) is 0 Å². The van der Waals surface area contributed by atoms with Crippen LogP contribution in [-0.2, 0) is 4.43 Å². The number of fused-ring (bicyclic) bond motifs is 2. The van der Waals surface area contributed by atoms with Crippen molar-refractivity contribution in [1.29, 1.82) is 0 Å². The fourth-order valence-electron chi connectivity index (χ4n) is 2.53. The van der Waals surface area contributed by atoms with Gasteiger partial charge in [0.2, 0.25) is 0 Å². The van der Waals surface area contributed by atoms with E-state index >= 15 is 0 Å². The van der Waals surface area contributed by atoms with Gasteiger partial charge in [-0.2, -0.15) is 0 Å². The lowest BCUT2D eigenvalue weighted by atomic mass is 10.1. The molecule has 2 rings (SSSR count). The average molecular weight is 218 g/mol. The van der Waals surface area contributed by atoms with E-state index in [2.05, 4.69) is 31.9 Å². The van der Waals surface area contributed by atoms with Crippen LogP contribution in [0.2, 0.25) is 0 Å². The van der Waals surface area contributed by atoms with Crippen LogP contribution in [0.5, 0.6) is 0 Å². The van der Waals surface area contributed by atoms with E-state index in [-0.39, 0.29) is 0 Å². The van der Waals surface area contributed by atoms with Crippen molar-refractivity contribution in [2.45, 2.75) is 18.9 Å². The van der Waals surface area contributed by atoms with Crippen LogP contribution in [0.15, 0.2) is 49.0 Å². The molecule has 0 aliphatic heterocycles. The van der Waals surface area contributed by atoms with Gasteiger partial charge in [-0.1, -0.05) is 29.2 Å². The Balaban J connectivity index is 2.11. The molecule has 0 radical (unpaired) electrons. The van der Waals surface area contributed by atoms with Gasteiger partial charge < -0.3 is 4.43 Å². The minimum atomic E-state index is -2.07. The lowest BCUT2D eigenvalue weighted by Gasteiger charge is -2.28. The van der Waals surface area contributed by atoms with E-state index in [1.54, 1.807) is 0 Å². The third-order valence-electron chi connectivity index (χ3n) is 3.58. The van der Waals surface area contributed by atoms with Crippen LogP contribution in [0.4, 0.5) is 0 Å². The van der Waals surface area contributed by atoms with Gasteiger partial charge in [0.1, 0.15) is 0 Å². The fraction of sp³-hybridized carbons (Fsp3) is 0.385. The van der Waals surface area contributed by atoms with Crippen LogP contribution < -0.4 is 0 Å². The van der Waals surface area contributed by atoms with Crippen LogP contribution in [0, 0.1) is 11.8 Å². The predicted molar refractivity (Wildman–Crippen MR) is 66.6 cm³/mol. The summed E-state index contributed by atoms with van der Waals surface area (Å²) in [5.74, 6) is 1.23. The molecule has 1 saturated carbocycles. The third-order valence-corrected chi connectivity index (χ3v) is 6.17. The van der Waals surface area contributed by atoms with Crippen LogP contribution >= 0.6 is 0 Å². The van der Waals surface area contributed by atoms with Gasteiger partial charge >= 0.3 is 0 Å². The maximum Gasteiger partial charge on any atom is 0.265 e. The van der Waals surface area contributed by atoms with Gasteiger partial charge in [0.15, 0.2) is 0 Å². The first kappa shape index (κ1) is 10.6. The van der Waals surface area contributed by atoms with Gasteiger partial charge in [-0.3, -0.25) is 0 Å². The summed E-state index contributed by atoms with van der Waals surface area (Å²) in [5.41, 5.74) is 5.72. The van der Waals surface area contributed by atoms with Gasteiger partial charge in [-0.15, -0.1) is 19.7 Å². The summed E-state index contributed by atoms with van der Waals surface area (Å²) < 4.78 is 6.26. The summed E-state index contributed by atoms with van der Waals surface area (Å²) in [6.45, 7) is 11.6. The van der Waals surface area contributed by atoms with Crippen molar-refractivity contribution in [3.05, 3.63) is 49.0 Å². The Hall–Kier alpha value is -0.863. The van der Waals surface area contributed by atoms with Gasteiger partial charge in [0.25, 0.3) is 8.32 Å². The smallest absolute Gasteiger partial charge is 0.265 e. The summed E-state index contributed by atoms with van der Waals surface area (Å²) in [6, 6.07) is 0. The minimum absolute atomic E-state index is 0.352. The maximum absolute atomic E-state index is 6.26. The highest BCUT2D eigenvalue weighted by Gasteiger charge is 2.42. The summed E-state index contributed by atoms with van der Waals surface area (Å²) in [7, 11) is -2.07. The minimum Gasteiger partial charge on any atom is -0.401 e. The molecular weight excluding hydrogens is 200 g/mol. The largest absolute Gasteiger partial charge is 0.401 e. The SMILES string of the molecule is C=C[Si](C=C)(C=C)OC1C2C=CC1CC2. The molecular formula is C13H18OSi. The zero-order valence-electron chi connectivity index (χ0n) is 9.06. The van der Waals surface area contributed by atoms with Crippen LogP contribution in [0.25, 0.3) is 0 Å². The molecule has 1 nitrogen and oxygen atoms in total. The molecule has 0 aromatic carbocycles. The normalized spacial score (nSPS) is 32.9. The summed E-state index contributed by atoms with van der Waals surface area (Å²) in [5, 5.41) is 0. The Kier molecular flexibility index (Phi) is 2.80. The molecule has 0 aromatic heterocycles. The van der Waals surface area contributed by atoms with E-state index in [1.807, 2.05) is 17.1 Å². The average Bonchev–Trinajstić information content (AvgIpc) is 2.85. The van der Waals surface area contributed by atoms with Gasteiger partial charge in [-0.05, 0) is 12.8 Å². The van der Waals surface area contributed by atoms with Gasteiger partial charge in [0.05, 0.1) is 6.10 Å². The van der Waals surface area contributed by atoms with E-state index in [1.165, 1.54) is 12.8 Å². The van der Waals surface area contributed by atoms with Crippen LogP contribution in [0.1, 0.15) is 12.8 Å². The predicted octanol–water partition coefficient (Wildman–Crippen LogP) is 3.09. The molecule has 0 aromatic rings. The Morgan fingerprint density at radius 2 is 1.47 bits per heavy atom. The molecule has 2 heteroatoms. The second-order valence-corrected chi connectivity index (χ2v) is 7.51. The quantitative estimate of drug-likeness (QED) is 0.509. The molecule has 0 saturated heterocycles. The van der Waals surface area contributed by atoms with Crippen molar-refractivity contribution in [2.24, 2.45) is 11.8 Å². The lowest BCUT2D eigenvalue weighted by molar-refractivity contribution is 0.162. The summed E-state index contributed by atoms with van der Waals surface area (Å²) >= 11 is 0. The number of hydrogen-bond donors (Lipinski definition) is 0. The first-order valence-corrected chi connectivity index (χ1v) is 7.65. The fourth-order valence-corrected chi connectivity index (χ4v) is 4.14. The van der Waals surface area contributed by atoms with Crippen molar-refractivity contribution < 1.29 is 4.43 Å². The first-order chi connectivity index (χ1) is 7.24. The molecule has 2 bridgehead atoms. The highest BCUT2D eigenvalue weighted by atomic mass is 28.4. The molecule has 1 fully saturated rings. The highest BCUT2D eigenvalue weighted by Crippen LogP contribution is 2.42. The van der Waals surface area contributed by atoms with Crippen molar-refractivity contribution in [3.63, 3.8) is 0 Å². The van der Waals surface area contributed by atoms with E-state index in [9.17, 15) is 0 Å². The Bertz CT molecular complexity index is 283. The molecule has 2 aliphatic rings. The van der Waals surface area contributed by atoms with Crippen molar-refractivity contribution >= 4 is 8.32 Å². The second-order valence-electron chi connectivity index (χ2n) is 4.34. The standard InChI is InChI=1S/C13H18OSi/c1-4-15(5-2,6-3)14-13-11-7-8-12(13)10-9-11/h4-8,11-13H,1-3,9-10H2. The van der Waals surface area contributed by atoms with E-state index in [4.69, 9.17) is 4.43 Å². The highest BCUT2D eigenvalue weighted by molar-refractivity contribution is 6.87. The maximum atomic E-state index is 6.26. The first-order valence-electron chi connectivity index (χ1n) is 5.51. The molecule has 2 aliphatic carbocycles. The monoisotopic (exact) mass is 218 g/mol. The zero-order chi connectivity index (χ0) is 10.9.